The number of hydrogen-bond donors (Lipinski definition) is 3. The van der Waals surface area contributed by atoms with Crippen molar-refractivity contribution < 1.29 is 5.11 Å². The number of nitrogens with one attached hydrogen (secondary N) is 2. The molecule has 1 aromatic carbocycles. The molecule has 7 heteroatoms. The van der Waals surface area contributed by atoms with Crippen LogP contribution in [0.25, 0.3) is 16.9 Å². The van der Waals surface area contributed by atoms with E-state index in [9.17, 15) is 5.11 Å². The Morgan fingerprint density at radius 1 is 1.11 bits per heavy atom. The predicted molar refractivity (Wildman–Crippen MR) is 107 cm³/mol. The van der Waals surface area contributed by atoms with Gasteiger partial charge < -0.3 is 15.7 Å². The first-order valence-corrected chi connectivity index (χ1v) is 9.91. The van der Waals surface area contributed by atoms with Gasteiger partial charge >= 0.3 is 0 Å². The number of benzene rings is 1. The quantitative estimate of drug-likeness (QED) is 0.635. The molecule has 0 spiro atoms. The molecule has 2 aromatic heterocycles. The predicted octanol–water partition coefficient (Wildman–Crippen LogP) is 2.98. The van der Waals surface area contributed by atoms with Gasteiger partial charge in [0.2, 0.25) is 0 Å². The maximum Gasteiger partial charge on any atom is 0.148 e. The molecule has 0 radical (unpaired) electrons. The number of aromatic nitrogens is 4. The minimum Gasteiger partial charge on any atom is -0.507 e. The second kappa shape index (κ2) is 7.24. The van der Waals surface area contributed by atoms with Crippen molar-refractivity contribution in [2.45, 2.75) is 37.8 Å². The first-order valence-electron chi connectivity index (χ1n) is 9.91. The number of hydrogen-bond acceptors (Lipinski definition) is 6. The van der Waals surface area contributed by atoms with Crippen LogP contribution < -0.4 is 10.6 Å². The van der Waals surface area contributed by atoms with Crippen LogP contribution in [0.2, 0.25) is 0 Å². The van der Waals surface area contributed by atoms with E-state index in [1.807, 2.05) is 36.5 Å². The normalized spacial score (nSPS) is 23.6. The van der Waals surface area contributed by atoms with Gasteiger partial charge in [-0.15, -0.1) is 10.2 Å². The number of nitrogens with zero attached hydrogens (tertiary/aromatic N) is 4. The number of rotatable bonds is 5. The van der Waals surface area contributed by atoms with Gasteiger partial charge in [-0.25, -0.2) is 4.68 Å². The van der Waals surface area contributed by atoms with Crippen molar-refractivity contribution in [2.24, 2.45) is 5.92 Å². The van der Waals surface area contributed by atoms with Gasteiger partial charge in [0.15, 0.2) is 0 Å². The Hall–Kier alpha value is -2.93. The highest BCUT2D eigenvalue weighted by Crippen LogP contribution is 2.32. The molecule has 0 amide bonds. The monoisotopic (exact) mass is 376 g/mol. The fourth-order valence-corrected chi connectivity index (χ4v) is 4.46. The lowest BCUT2D eigenvalue weighted by Crippen LogP contribution is -2.40. The van der Waals surface area contributed by atoms with E-state index in [1.165, 1.54) is 25.7 Å². The first kappa shape index (κ1) is 17.2. The first-order chi connectivity index (χ1) is 13.7. The Labute approximate surface area is 163 Å². The van der Waals surface area contributed by atoms with E-state index in [0.29, 0.717) is 29.3 Å². The molecule has 2 bridgehead atoms. The molecular formula is C21H24N6O. The summed E-state index contributed by atoms with van der Waals surface area (Å²) >= 11 is 0. The highest BCUT2D eigenvalue weighted by atomic mass is 16.3. The third kappa shape index (κ3) is 3.45. The van der Waals surface area contributed by atoms with Gasteiger partial charge in [0.25, 0.3) is 0 Å². The summed E-state index contributed by atoms with van der Waals surface area (Å²) in [7, 11) is 0. The molecule has 2 unspecified atom stereocenters. The van der Waals surface area contributed by atoms with E-state index in [1.54, 1.807) is 16.9 Å². The SMILES string of the molecule is Oc1cc(-n2cccn2)ccc1-c1ccc(NCC2CC3CCC(C2)N3)nn1. The van der Waals surface area contributed by atoms with Crippen molar-refractivity contribution in [3.05, 3.63) is 48.8 Å². The van der Waals surface area contributed by atoms with Crippen molar-refractivity contribution in [3.63, 3.8) is 0 Å². The Bertz CT molecular complexity index is 928. The zero-order chi connectivity index (χ0) is 18.9. The fraction of sp³-hybridized carbons (Fsp3) is 0.381. The van der Waals surface area contributed by atoms with Crippen LogP contribution in [-0.2, 0) is 0 Å². The largest absolute Gasteiger partial charge is 0.507 e. The molecule has 2 aliphatic rings. The van der Waals surface area contributed by atoms with Crippen LogP contribution in [0.5, 0.6) is 5.75 Å². The van der Waals surface area contributed by atoms with Gasteiger partial charge in [0.1, 0.15) is 11.6 Å². The Balaban J connectivity index is 1.25. The van der Waals surface area contributed by atoms with E-state index in [0.717, 1.165) is 18.1 Å². The molecule has 3 N–H and O–H groups in total. The molecule has 3 aromatic rings. The van der Waals surface area contributed by atoms with Crippen LogP contribution >= 0.6 is 0 Å². The fourth-order valence-electron chi connectivity index (χ4n) is 4.46. The van der Waals surface area contributed by atoms with Crippen molar-refractivity contribution in [1.29, 1.82) is 0 Å². The zero-order valence-corrected chi connectivity index (χ0v) is 15.6. The lowest BCUT2D eigenvalue weighted by molar-refractivity contribution is 0.311. The molecule has 28 heavy (non-hydrogen) atoms. The molecule has 144 valence electrons. The molecule has 2 fully saturated rings. The van der Waals surface area contributed by atoms with Crippen molar-refractivity contribution in [3.8, 4) is 22.7 Å². The van der Waals surface area contributed by atoms with Gasteiger partial charge in [0.05, 0.1) is 11.4 Å². The maximum atomic E-state index is 10.4. The highest BCUT2D eigenvalue weighted by molar-refractivity contribution is 5.68. The number of phenolic OH excluding ortho intramolecular Hbond substituents is 1. The molecule has 2 aliphatic heterocycles. The van der Waals surface area contributed by atoms with Crippen molar-refractivity contribution in [2.75, 3.05) is 11.9 Å². The number of anilines is 1. The number of aromatic hydroxyl groups is 1. The number of piperidine rings is 1. The topological polar surface area (TPSA) is 87.9 Å². The Kier molecular flexibility index (Phi) is 4.44. The molecule has 5 rings (SSSR count). The second-order valence-electron chi connectivity index (χ2n) is 7.81. The molecule has 7 nitrogen and oxygen atoms in total. The van der Waals surface area contributed by atoms with Crippen LogP contribution in [0.4, 0.5) is 5.82 Å². The molecule has 2 atom stereocenters. The third-order valence-electron chi connectivity index (χ3n) is 5.83. The molecular weight excluding hydrogens is 352 g/mol. The summed E-state index contributed by atoms with van der Waals surface area (Å²) in [6.07, 6.45) is 8.66. The average molecular weight is 376 g/mol. The van der Waals surface area contributed by atoms with Crippen LogP contribution in [0.3, 0.4) is 0 Å². The van der Waals surface area contributed by atoms with E-state index in [4.69, 9.17) is 0 Å². The average Bonchev–Trinajstić information content (AvgIpc) is 3.37. The summed E-state index contributed by atoms with van der Waals surface area (Å²) in [5.74, 6) is 1.63. The summed E-state index contributed by atoms with van der Waals surface area (Å²) in [5.41, 5.74) is 2.10. The van der Waals surface area contributed by atoms with E-state index < -0.39 is 0 Å². The summed E-state index contributed by atoms with van der Waals surface area (Å²) < 4.78 is 1.70. The van der Waals surface area contributed by atoms with Gasteiger partial charge in [-0.3, -0.25) is 0 Å². The highest BCUT2D eigenvalue weighted by Gasteiger charge is 2.33. The minimum atomic E-state index is 0.160. The van der Waals surface area contributed by atoms with E-state index in [2.05, 4.69) is 25.9 Å². The molecule has 0 saturated carbocycles. The minimum absolute atomic E-state index is 0.160. The lowest BCUT2D eigenvalue weighted by atomic mass is 9.92. The van der Waals surface area contributed by atoms with Crippen molar-refractivity contribution >= 4 is 5.82 Å². The zero-order valence-electron chi connectivity index (χ0n) is 15.6. The van der Waals surface area contributed by atoms with Crippen LogP contribution in [0, 0.1) is 5.92 Å². The van der Waals surface area contributed by atoms with Gasteiger partial charge in [-0.05, 0) is 61.9 Å². The Morgan fingerprint density at radius 3 is 2.64 bits per heavy atom. The van der Waals surface area contributed by atoms with E-state index in [-0.39, 0.29) is 5.75 Å². The van der Waals surface area contributed by atoms with Crippen LogP contribution in [0.15, 0.2) is 48.8 Å². The third-order valence-corrected chi connectivity index (χ3v) is 5.83. The summed E-state index contributed by atoms with van der Waals surface area (Å²) in [6, 6.07) is 12.5. The number of phenols is 1. The molecule has 4 heterocycles. The number of fused-ring (bicyclic) bond motifs is 2. The van der Waals surface area contributed by atoms with Gasteiger partial charge in [0, 0.05) is 42.7 Å². The van der Waals surface area contributed by atoms with E-state index >= 15 is 0 Å². The standard InChI is InChI=1S/C21H24N6O/c28-20-12-17(27-9-1-8-23-27)4-5-18(20)19-6-7-21(26-25-19)22-13-14-10-15-2-3-16(11-14)24-15/h1,4-9,12,14-16,24,28H,2-3,10-11,13H2,(H,22,26). The molecule has 2 saturated heterocycles. The second-order valence-corrected chi connectivity index (χ2v) is 7.81. The summed E-state index contributed by atoms with van der Waals surface area (Å²) in [6.45, 7) is 0.937. The van der Waals surface area contributed by atoms with Gasteiger partial charge in [-0.1, -0.05) is 0 Å². The molecule has 0 aliphatic carbocycles. The Morgan fingerprint density at radius 2 is 1.96 bits per heavy atom. The summed E-state index contributed by atoms with van der Waals surface area (Å²) in [4.78, 5) is 0. The van der Waals surface area contributed by atoms with Gasteiger partial charge in [-0.2, -0.15) is 5.10 Å². The lowest BCUT2D eigenvalue weighted by Gasteiger charge is -2.29. The van der Waals surface area contributed by atoms with Crippen LogP contribution in [-0.4, -0.2) is 43.7 Å². The maximum absolute atomic E-state index is 10.4. The summed E-state index contributed by atoms with van der Waals surface area (Å²) in [5, 5.41) is 30.3. The van der Waals surface area contributed by atoms with Crippen LogP contribution in [0.1, 0.15) is 25.7 Å². The smallest absolute Gasteiger partial charge is 0.148 e. The van der Waals surface area contributed by atoms with Crippen molar-refractivity contribution in [1.82, 2.24) is 25.3 Å².